The van der Waals surface area contributed by atoms with Gasteiger partial charge >= 0.3 is 0 Å². The molecule has 0 aliphatic carbocycles. The molecule has 0 bridgehead atoms. The van der Waals surface area contributed by atoms with E-state index >= 15 is 0 Å². The first-order chi connectivity index (χ1) is 9.72. The number of anilines is 1. The Bertz CT molecular complexity index is 526. The van der Waals surface area contributed by atoms with Gasteiger partial charge < -0.3 is 16.4 Å². The smallest absolute Gasteiger partial charge is 0.243 e. The zero-order chi connectivity index (χ0) is 16.2. The lowest BCUT2D eigenvalue weighted by Crippen LogP contribution is -2.46. The molecule has 21 heavy (non-hydrogen) atoms. The number of carbonyl (C=O) groups is 2. The Kier molecular flexibility index (Phi) is 5.71. The standard InChI is InChI=1S/C13H16F3N3O2/c1-6(2)11(17)13(21)18-5-10(20)19-12-8(15)3-7(14)4-9(12)16/h3-4,6,11H,5,17H2,1-2H3,(H,18,21)(H,19,20)/t11-/m0/s1. The van der Waals surface area contributed by atoms with Crippen molar-refractivity contribution in [3.05, 3.63) is 29.6 Å². The predicted molar refractivity (Wildman–Crippen MR) is 70.8 cm³/mol. The van der Waals surface area contributed by atoms with E-state index in [0.29, 0.717) is 12.1 Å². The summed E-state index contributed by atoms with van der Waals surface area (Å²) in [5, 5.41) is 4.16. The number of benzene rings is 1. The molecular weight excluding hydrogens is 287 g/mol. The van der Waals surface area contributed by atoms with Crippen LogP contribution >= 0.6 is 0 Å². The van der Waals surface area contributed by atoms with E-state index < -0.39 is 47.5 Å². The molecule has 0 heterocycles. The minimum atomic E-state index is -1.24. The third kappa shape index (κ3) is 4.75. The van der Waals surface area contributed by atoms with Crippen molar-refractivity contribution in [2.45, 2.75) is 19.9 Å². The Morgan fingerprint density at radius 2 is 1.71 bits per heavy atom. The van der Waals surface area contributed by atoms with Crippen LogP contribution < -0.4 is 16.4 Å². The van der Waals surface area contributed by atoms with Crippen molar-refractivity contribution >= 4 is 17.5 Å². The monoisotopic (exact) mass is 303 g/mol. The third-order valence-corrected chi connectivity index (χ3v) is 2.72. The summed E-state index contributed by atoms with van der Waals surface area (Å²) in [5.74, 6) is -5.12. The number of nitrogens with one attached hydrogen (secondary N) is 2. The molecule has 0 aliphatic heterocycles. The Morgan fingerprint density at radius 3 is 2.19 bits per heavy atom. The molecule has 116 valence electrons. The fourth-order valence-electron chi connectivity index (χ4n) is 1.43. The molecule has 1 rings (SSSR count). The van der Waals surface area contributed by atoms with Gasteiger partial charge in [0.05, 0.1) is 12.6 Å². The summed E-state index contributed by atoms with van der Waals surface area (Å²) in [4.78, 5) is 23.0. The van der Waals surface area contributed by atoms with E-state index in [1.54, 1.807) is 13.8 Å². The molecule has 2 amide bonds. The van der Waals surface area contributed by atoms with Crippen LogP contribution in [0.5, 0.6) is 0 Å². The molecule has 0 spiro atoms. The van der Waals surface area contributed by atoms with Crippen LogP contribution in [0.3, 0.4) is 0 Å². The number of hydrogen-bond donors (Lipinski definition) is 3. The zero-order valence-electron chi connectivity index (χ0n) is 11.5. The van der Waals surface area contributed by atoms with Crippen LogP contribution in [0.4, 0.5) is 18.9 Å². The van der Waals surface area contributed by atoms with Crippen LogP contribution in [0.1, 0.15) is 13.8 Å². The van der Waals surface area contributed by atoms with Crippen LogP contribution in [0.15, 0.2) is 12.1 Å². The lowest BCUT2D eigenvalue weighted by molar-refractivity contribution is -0.125. The average molecular weight is 303 g/mol. The highest BCUT2D eigenvalue weighted by atomic mass is 19.1. The van der Waals surface area contributed by atoms with E-state index in [9.17, 15) is 22.8 Å². The average Bonchev–Trinajstić information content (AvgIpc) is 2.39. The van der Waals surface area contributed by atoms with Crippen molar-refractivity contribution in [3.8, 4) is 0 Å². The Morgan fingerprint density at radius 1 is 1.19 bits per heavy atom. The minimum absolute atomic E-state index is 0.125. The minimum Gasteiger partial charge on any atom is -0.346 e. The zero-order valence-corrected chi connectivity index (χ0v) is 11.5. The Balaban J connectivity index is 2.61. The van der Waals surface area contributed by atoms with Crippen molar-refractivity contribution in [1.29, 1.82) is 0 Å². The van der Waals surface area contributed by atoms with Gasteiger partial charge in [-0.25, -0.2) is 13.2 Å². The van der Waals surface area contributed by atoms with Gasteiger partial charge in [-0.2, -0.15) is 0 Å². The van der Waals surface area contributed by atoms with E-state index in [0.717, 1.165) is 0 Å². The first kappa shape index (κ1) is 17.0. The van der Waals surface area contributed by atoms with Gasteiger partial charge in [-0.1, -0.05) is 13.8 Å². The molecule has 8 heteroatoms. The van der Waals surface area contributed by atoms with Crippen LogP contribution in [-0.4, -0.2) is 24.4 Å². The van der Waals surface area contributed by atoms with Crippen molar-refractivity contribution in [2.75, 3.05) is 11.9 Å². The molecule has 0 aliphatic rings. The van der Waals surface area contributed by atoms with Crippen LogP contribution in [0, 0.1) is 23.4 Å². The maximum Gasteiger partial charge on any atom is 0.243 e. The molecule has 0 saturated heterocycles. The fraction of sp³-hybridized carbons (Fsp3) is 0.385. The number of amides is 2. The number of hydrogen-bond acceptors (Lipinski definition) is 3. The first-order valence-corrected chi connectivity index (χ1v) is 6.20. The van der Waals surface area contributed by atoms with Crippen LogP contribution in [0.2, 0.25) is 0 Å². The van der Waals surface area contributed by atoms with E-state index in [2.05, 4.69) is 5.32 Å². The summed E-state index contributed by atoms with van der Waals surface area (Å²) < 4.78 is 39.3. The molecule has 0 radical (unpaired) electrons. The SMILES string of the molecule is CC(C)[C@H](N)C(=O)NCC(=O)Nc1c(F)cc(F)cc1F. The molecule has 1 atom stereocenters. The summed E-state index contributed by atoms with van der Waals surface area (Å²) in [6.45, 7) is 2.96. The quantitative estimate of drug-likeness (QED) is 0.762. The molecular formula is C13H16F3N3O2. The molecule has 0 aromatic heterocycles. The second-order valence-electron chi connectivity index (χ2n) is 4.78. The maximum absolute atomic E-state index is 13.3. The van der Waals surface area contributed by atoms with E-state index in [-0.39, 0.29) is 5.92 Å². The van der Waals surface area contributed by atoms with E-state index in [1.807, 2.05) is 5.32 Å². The van der Waals surface area contributed by atoms with Crippen molar-refractivity contribution < 1.29 is 22.8 Å². The second-order valence-corrected chi connectivity index (χ2v) is 4.78. The molecule has 4 N–H and O–H groups in total. The van der Waals surface area contributed by atoms with Gasteiger partial charge in [-0.15, -0.1) is 0 Å². The predicted octanol–water partition coefficient (Wildman–Crippen LogP) is 1.14. The fourth-order valence-corrected chi connectivity index (χ4v) is 1.43. The number of nitrogens with two attached hydrogens (primary N) is 1. The van der Waals surface area contributed by atoms with Gasteiger partial charge in [-0.05, 0) is 5.92 Å². The lowest BCUT2D eigenvalue weighted by Gasteiger charge is -2.15. The molecule has 0 fully saturated rings. The highest BCUT2D eigenvalue weighted by molar-refractivity contribution is 5.95. The Hall–Kier alpha value is -2.09. The van der Waals surface area contributed by atoms with Gasteiger partial charge in [0.1, 0.15) is 11.5 Å². The van der Waals surface area contributed by atoms with E-state index in [4.69, 9.17) is 5.73 Å². The highest BCUT2D eigenvalue weighted by Gasteiger charge is 2.19. The van der Waals surface area contributed by atoms with Crippen molar-refractivity contribution in [3.63, 3.8) is 0 Å². The second kappa shape index (κ2) is 7.07. The molecule has 1 aromatic rings. The summed E-state index contributed by atoms with van der Waals surface area (Å²) in [6, 6.07) is 0.0786. The van der Waals surface area contributed by atoms with Gasteiger partial charge in [0, 0.05) is 12.1 Å². The van der Waals surface area contributed by atoms with Crippen LogP contribution in [-0.2, 0) is 9.59 Å². The lowest BCUT2D eigenvalue weighted by atomic mass is 10.1. The molecule has 5 nitrogen and oxygen atoms in total. The summed E-state index contributed by atoms with van der Waals surface area (Å²) in [7, 11) is 0. The maximum atomic E-state index is 13.3. The number of carbonyl (C=O) groups excluding carboxylic acids is 2. The van der Waals surface area contributed by atoms with Gasteiger partial charge in [0.2, 0.25) is 11.8 Å². The van der Waals surface area contributed by atoms with Crippen molar-refractivity contribution in [1.82, 2.24) is 5.32 Å². The number of rotatable bonds is 5. The molecule has 0 unspecified atom stereocenters. The van der Waals surface area contributed by atoms with Gasteiger partial charge in [0.25, 0.3) is 0 Å². The normalized spacial score (nSPS) is 12.1. The summed E-state index contributed by atoms with van der Waals surface area (Å²) in [6.07, 6.45) is 0. The molecule has 0 saturated carbocycles. The summed E-state index contributed by atoms with van der Waals surface area (Å²) in [5.41, 5.74) is 4.78. The number of halogens is 3. The third-order valence-electron chi connectivity index (χ3n) is 2.72. The highest BCUT2D eigenvalue weighted by Crippen LogP contribution is 2.19. The largest absolute Gasteiger partial charge is 0.346 e. The van der Waals surface area contributed by atoms with Crippen LogP contribution in [0.25, 0.3) is 0 Å². The topological polar surface area (TPSA) is 84.2 Å². The molecule has 1 aromatic carbocycles. The van der Waals surface area contributed by atoms with Crippen molar-refractivity contribution in [2.24, 2.45) is 11.7 Å². The first-order valence-electron chi connectivity index (χ1n) is 6.20. The Labute approximate surface area is 119 Å². The van der Waals surface area contributed by atoms with E-state index in [1.165, 1.54) is 0 Å². The summed E-state index contributed by atoms with van der Waals surface area (Å²) >= 11 is 0. The van der Waals surface area contributed by atoms with Gasteiger partial charge in [-0.3, -0.25) is 9.59 Å². The van der Waals surface area contributed by atoms with Gasteiger partial charge in [0.15, 0.2) is 11.6 Å².